The van der Waals surface area contributed by atoms with Gasteiger partial charge in [-0.05, 0) is 13.0 Å². The molecule has 0 aromatic rings. The highest BCUT2D eigenvalue weighted by atomic mass is 16.3. The van der Waals surface area contributed by atoms with Crippen molar-refractivity contribution < 1.29 is 9.90 Å². The summed E-state index contributed by atoms with van der Waals surface area (Å²) in [5.74, 6) is -0.173. The maximum Gasteiger partial charge on any atom is 0.235 e. The Morgan fingerprint density at radius 3 is 2.79 bits per heavy atom. The molecule has 0 aliphatic rings. The van der Waals surface area contributed by atoms with Crippen LogP contribution in [0.3, 0.4) is 0 Å². The molecule has 0 saturated heterocycles. The molecule has 0 bridgehead atoms. The van der Waals surface area contributed by atoms with Crippen LogP contribution in [-0.2, 0) is 4.79 Å². The number of carbonyl (C=O) groups excluding carboxylic acids is 1. The first-order valence-corrected chi connectivity index (χ1v) is 4.71. The highest BCUT2D eigenvalue weighted by Crippen LogP contribution is 1.90. The summed E-state index contributed by atoms with van der Waals surface area (Å²) in [6, 6.07) is 1.84. The van der Waals surface area contributed by atoms with E-state index in [0.717, 1.165) is 13.0 Å². The number of rotatable bonds is 7. The zero-order valence-electron chi connectivity index (χ0n) is 8.49. The monoisotopic (exact) mass is 199 g/mol. The first kappa shape index (κ1) is 12.9. The third-order valence-corrected chi connectivity index (χ3v) is 1.69. The van der Waals surface area contributed by atoms with Crippen molar-refractivity contribution in [1.82, 2.24) is 10.2 Å². The zero-order valence-corrected chi connectivity index (χ0v) is 8.49. The molecule has 5 nitrogen and oxygen atoms in total. The van der Waals surface area contributed by atoms with Gasteiger partial charge in [0.15, 0.2) is 0 Å². The summed E-state index contributed by atoms with van der Waals surface area (Å²) in [6.07, 6.45) is 0.936. The van der Waals surface area contributed by atoms with Gasteiger partial charge in [-0.25, -0.2) is 0 Å². The summed E-state index contributed by atoms with van der Waals surface area (Å²) in [5.41, 5.74) is 0. The van der Waals surface area contributed by atoms with Gasteiger partial charge in [-0.1, -0.05) is 6.92 Å². The molecule has 14 heavy (non-hydrogen) atoms. The van der Waals surface area contributed by atoms with Crippen LogP contribution in [0.1, 0.15) is 13.3 Å². The minimum absolute atomic E-state index is 0.0396. The molecule has 0 aliphatic carbocycles. The van der Waals surface area contributed by atoms with Crippen molar-refractivity contribution in [2.45, 2.75) is 13.3 Å². The topological polar surface area (TPSA) is 76.4 Å². The highest BCUT2D eigenvalue weighted by Gasteiger charge is 2.08. The Labute approximate surface area is 84.3 Å². The highest BCUT2D eigenvalue weighted by molar-refractivity contribution is 5.78. The van der Waals surface area contributed by atoms with Crippen molar-refractivity contribution in [2.75, 3.05) is 32.8 Å². The summed E-state index contributed by atoms with van der Waals surface area (Å²) in [6.45, 7) is 3.62. The minimum atomic E-state index is -0.173. The van der Waals surface area contributed by atoms with Gasteiger partial charge in [-0.2, -0.15) is 5.26 Å². The van der Waals surface area contributed by atoms with E-state index in [4.69, 9.17) is 10.4 Å². The van der Waals surface area contributed by atoms with Crippen LogP contribution in [-0.4, -0.2) is 48.7 Å². The first-order chi connectivity index (χ1) is 6.74. The quantitative estimate of drug-likeness (QED) is 0.533. The van der Waals surface area contributed by atoms with E-state index in [1.54, 1.807) is 0 Å². The van der Waals surface area contributed by atoms with Crippen molar-refractivity contribution in [1.29, 1.82) is 5.26 Å². The lowest BCUT2D eigenvalue weighted by atomic mass is 10.4. The van der Waals surface area contributed by atoms with E-state index in [2.05, 4.69) is 5.32 Å². The third kappa shape index (κ3) is 6.40. The van der Waals surface area contributed by atoms with Gasteiger partial charge in [0.05, 0.1) is 19.2 Å². The second-order valence-electron chi connectivity index (χ2n) is 2.93. The summed E-state index contributed by atoms with van der Waals surface area (Å²) < 4.78 is 0. The predicted molar refractivity (Wildman–Crippen MR) is 52.4 cm³/mol. The Morgan fingerprint density at radius 2 is 2.29 bits per heavy atom. The van der Waals surface area contributed by atoms with Crippen LogP contribution in [0.2, 0.25) is 0 Å². The fourth-order valence-electron chi connectivity index (χ4n) is 1.12. The molecular formula is C9H17N3O2. The predicted octanol–water partition coefficient (Wildman–Crippen LogP) is -0.670. The number of carbonyl (C=O) groups is 1. The van der Waals surface area contributed by atoms with Gasteiger partial charge >= 0.3 is 0 Å². The molecule has 0 unspecified atom stereocenters. The smallest absolute Gasteiger partial charge is 0.235 e. The number of nitriles is 1. The fourth-order valence-corrected chi connectivity index (χ4v) is 1.12. The molecule has 5 heteroatoms. The molecule has 80 valence electrons. The average Bonchev–Trinajstić information content (AvgIpc) is 2.15. The van der Waals surface area contributed by atoms with Crippen molar-refractivity contribution in [2.24, 2.45) is 0 Å². The maximum absolute atomic E-state index is 11.2. The second kappa shape index (κ2) is 8.48. The molecular weight excluding hydrogens is 182 g/mol. The summed E-state index contributed by atoms with van der Waals surface area (Å²) in [5, 5.41) is 19.4. The van der Waals surface area contributed by atoms with Gasteiger partial charge in [-0.3, -0.25) is 9.69 Å². The van der Waals surface area contributed by atoms with E-state index >= 15 is 0 Å². The zero-order chi connectivity index (χ0) is 10.8. The summed E-state index contributed by atoms with van der Waals surface area (Å²) in [7, 11) is 0. The first-order valence-electron chi connectivity index (χ1n) is 4.71. The number of amides is 1. The van der Waals surface area contributed by atoms with E-state index in [0.29, 0.717) is 6.54 Å². The molecule has 0 heterocycles. The van der Waals surface area contributed by atoms with Crippen LogP contribution in [0.15, 0.2) is 0 Å². The molecule has 0 fully saturated rings. The van der Waals surface area contributed by atoms with Gasteiger partial charge in [0.1, 0.15) is 6.54 Å². The maximum atomic E-state index is 11.2. The fraction of sp³-hybridized carbons (Fsp3) is 0.778. The molecule has 0 aromatic heterocycles. The average molecular weight is 199 g/mol. The van der Waals surface area contributed by atoms with Gasteiger partial charge in [-0.15, -0.1) is 0 Å². The number of hydrogen-bond donors (Lipinski definition) is 2. The van der Waals surface area contributed by atoms with Crippen LogP contribution < -0.4 is 5.32 Å². The van der Waals surface area contributed by atoms with Crippen molar-refractivity contribution in [3.05, 3.63) is 0 Å². The van der Waals surface area contributed by atoms with Crippen LogP contribution in [0.25, 0.3) is 0 Å². The molecule has 0 aromatic carbocycles. The molecule has 0 atom stereocenters. The number of hydrogen-bond acceptors (Lipinski definition) is 4. The van der Waals surface area contributed by atoms with Gasteiger partial charge in [0, 0.05) is 6.54 Å². The van der Waals surface area contributed by atoms with Crippen LogP contribution in [0.5, 0.6) is 0 Å². The standard InChI is InChI=1S/C9H17N3O2/c1-2-5-12(6-7-13)8-9(14)11-4-3-10/h13H,2,4-8H2,1H3,(H,11,14). The molecule has 1 amide bonds. The molecule has 0 aliphatic heterocycles. The Kier molecular flexibility index (Phi) is 7.80. The van der Waals surface area contributed by atoms with E-state index in [-0.39, 0.29) is 25.6 Å². The van der Waals surface area contributed by atoms with E-state index in [1.807, 2.05) is 17.9 Å². The molecule has 2 N–H and O–H groups in total. The molecule has 0 spiro atoms. The molecule has 0 rings (SSSR count). The largest absolute Gasteiger partial charge is 0.395 e. The Balaban J connectivity index is 3.77. The number of nitrogens with zero attached hydrogens (tertiary/aromatic N) is 2. The summed E-state index contributed by atoms with van der Waals surface area (Å²) in [4.78, 5) is 13.0. The Bertz CT molecular complexity index is 195. The van der Waals surface area contributed by atoms with Crippen molar-refractivity contribution in [3.63, 3.8) is 0 Å². The second-order valence-corrected chi connectivity index (χ2v) is 2.93. The SMILES string of the molecule is CCCN(CCO)CC(=O)NCC#N. The normalized spacial score (nSPS) is 9.86. The van der Waals surface area contributed by atoms with Gasteiger partial charge < -0.3 is 10.4 Å². The number of aliphatic hydroxyl groups excluding tert-OH is 1. The Morgan fingerprint density at radius 1 is 1.57 bits per heavy atom. The van der Waals surface area contributed by atoms with Crippen LogP contribution in [0.4, 0.5) is 0 Å². The summed E-state index contributed by atoms with van der Waals surface area (Å²) >= 11 is 0. The van der Waals surface area contributed by atoms with Crippen molar-refractivity contribution >= 4 is 5.91 Å². The molecule has 0 saturated carbocycles. The third-order valence-electron chi connectivity index (χ3n) is 1.69. The number of nitrogens with one attached hydrogen (secondary N) is 1. The lowest BCUT2D eigenvalue weighted by Crippen LogP contribution is -2.39. The lowest BCUT2D eigenvalue weighted by Gasteiger charge is -2.19. The van der Waals surface area contributed by atoms with Crippen LogP contribution >= 0.6 is 0 Å². The van der Waals surface area contributed by atoms with Crippen molar-refractivity contribution in [3.8, 4) is 6.07 Å². The minimum Gasteiger partial charge on any atom is -0.395 e. The van der Waals surface area contributed by atoms with Crippen LogP contribution in [0, 0.1) is 11.3 Å². The van der Waals surface area contributed by atoms with Gasteiger partial charge in [0.2, 0.25) is 5.91 Å². The van der Waals surface area contributed by atoms with Gasteiger partial charge in [0.25, 0.3) is 0 Å². The molecule has 0 radical (unpaired) electrons. The number of aliphatic hydroxyl groups is 1. The Hall–Kier alpha value is -1.12. The van der Waals surface area contributed by atoms with E-state index in [9.17, 15) is 4.79 Å². The van der Waals surface area contributed by atoms with E-state index in [1.165, 1.54) is 0 Å². The lowest BCUT2D eigenvalue weighted by molar-refractivity contribution is -0.122. The van der Waals surface area contributed by atoms with E-state index < -0.39 is 0 Å².